The minimum atomic E-state index is -0.368. The third-order valence-corrected chi connectivity index (χ3v) is 4.59. The van der Waals surface area contributed by atoms with Gasteiger partial charge in [0.15, 0.2) is 0 Å². The minimum Gasteiger partial charge on any atom is -0.495 e. The highest BCUT2D eigenvalue weighted by atomic mass is 35.5. The number of nitrogens with zero attached hydrogens (tertiary/aromatic N) is 2. The van der Waals surface area contributed by atoms with E-state index in [-0.39, 0.29) is 18.0 Å². The Bertz CT molecular complexity index is 1060. The number of benzene rings is 2. The Labute approximate surface area is 179 Å². The van der Waals surface area contributed by atoms with Crippen molar-refractivity contribution in [1.29, 1.82) is 0 Å². The van der Waals surface area contributed by atoms with Crippen molar-refractivity contribution in [3.63, 3.8) is 0 Å². The van der Waals surface area contributed by atoms with E-state index < -0.39 is 0 Å². The summed E-state index contributed by atoms with van der Waals surface area (Å²) < 4.78 is 7.13. The molecule has 30 heavy (non-hydrogen) atoms. The summed E-state index contributed by atoms with van der Waals surface area (Å²) in [6, 6.07) is 10.1. The van der Waals surface area contributed by atoms with Crippen LogP contribution >= 0.6 is 11.6 Å². The molecule has 3 N–H and O–H groups in total. The lowest BCUT2D eigenvalue weighted by Gasteiger charge is -2.12. The minimum absolute atomic E-state index is 0.0647. The van der Waals surface area contributed by atoms with E-state index in [2.05, 4.69) is 20.9 Å². The number of imidazole rings is 1. The molecule has 0 bridgehead atoms. The molecule has 158 valence electrons. The maximum atomic E-state index is 12.2. The van der Waals surface area contributed by atoms with Gasteiger partial charge in [-0.05, 0) is 50.2 Å². The number of carbonyl (C=O) groups is 2. The molecule has 8 nitrogen and oxygen atoms in total. The number of fused-ring (bicyclic) bond motifs is 1. The maximum Gasteiger partial charge on any atom is 0.319 e. The van der Waals surface area contributed by atoms with Crippen LogP contribution in [-0.2, 0) is 6.54 Å². The molecular formula is C21H24ClN5O3. The quantitative estimate of drug-likeness (QED) is 0.534. The number of hydrogen-bond donors (Lipinski definition) is 3. The van der Waals surface area contributed by atoms with Crippen LogP contribution in [0.5, 0.6) is 5.75 Å². The molecule has 9 heteroatoms. The first-order valence-corrected chi connectivity index (χ1v) is 9.89. The van der Waals surface area contributed by atoms with Crippen LogP contribution in [0.3, 0.4) is 0 Å². The second-order valence-electron chi connectivity index (χ2n) is 7.00. The second-order valence-corrected chi connectivity index (χ2v) is 7.43. The Morgan fingerprint density at radius 2 is 2.00 bits per heavy atom. The number of carbonyl (C=O) groups excluding carboxylic acids is 2. The van der Waals surface area contributed by atoms with Gasteiger partial charge in [-0.25, -0.2) is 9.78 Å². The van der Waals surface area contributed by atoms with Crippen LogP contribution in [-0.4, -0.2) is 41.2 Å². The van der Waals surface area contributed by atoms with Crippen LogP contribution in [0.1, 0.15) is 24.2 Å². The number of urea groups is 1. The summed E-state index contributed by atoms with van der Waals surface area (Å²) in [7, 11) is 1.52. The molecule has 0 aliphatic rings. The van der Waals surface area contributed by atoms with Crippen molar-refractivity contribution >= 4 is 40.3 Å². The van der Waals surface area contributed by atoms with E-state index in [4.69, 9.17) is 16.3 Å². The summed E-state index contributed by atoms with van der Waals surface area (Å²) in [6.07, 6.45) is 1.69. The molecule has 1 aromatic heterocycles. The number of hydrogen-bond acceptors (Lipinski definition) is 4. The fourth-order valence-electron chi connectivity index (χ4n) is 2.96. The van der Waals surface area contributed by atoms with Gasteiger partial charge < -0.3 is 25.3 Å². The lowest BCUT2D eigenvalue weighted by Crippen LogP contribution is -2.31. The number of amides is 3. The third-order valence-electron chi connectivity index (χ3n) is 4.35. The Morgan fingerprint density at radius 1 is 1.20 bits per heavy atom. The highest BCUT2D eigenvalue weighted by Crippen LogP contribution is 2.27. The Kier molecular flexibility index (Phi) is 6.79. The van der Waals surface area contributed by atoms with E-state index in [0.717, 1.165) is 11.0 Å². The predicted octanol–water partition coefficient (Wildman–Crippen LogP) is 3.66. The molecule has 0 saturated carbocycles. The van der Waals surface area contributed by atoms with Gasteiger partial charge in [-0.2, -0.15) is 0 Å². The highest BCUT2D eigenvalue weighted by molar-refractivity contribution is 6.31. The summed E-state index contributed by atoms with van der Waals surface area (Å²) in [6.45, 7) is 4.73. The Morgan fingerprint density at radius 3 is 2.73 bits per heavy atom. The van der Waals surface area contributed by atoms with Gasteiger partial charge in [0.2, 0.25) is 0 Å². The lowest BCUT2D eigenvalue weighted by atomic mass is 10.2. The summed E-state index contributed by atoms with van der Waals surface area (Å²) in [5, 5.41) is 8.88. The van der Waals surface area contributed by atoms with Crippen molar-refractivity contribution < 1.29 is 14.3 Å². The van der Waals surface area contributed by atoms with Crippen molar-refractivity contribution in [2.75, 3.05) is 19.0 Å². The average Bonchev–Trinajstić information content (AvgIpc) is 3.10. The summed E-state index contributed by atoms with van der Waals surface area (Å²) in [4.78, 5) is 28.7. The molecule has 0 atom stereocenters. The van der Waals surface area contributed by atoms with Gasteiger partial charge in [0.25, 0.3) is 5.91 Å². The zero-order valence-electron chi connectivity index (χ0n) is 17.0. The van der Waals surface area contributed by atoms with Crippen LogP contribution in [0.15, 0.2) is 42.7 Å². The molecular weight excluding hydrogens is 406 g/mol. The molecule has 3 aromatic rings. The van der Waals surface area contributed by atoms with Crippen molar-refractivity contribution in [3.8, 4) is 5.75 Å². The van der Waals surface area contributed by atoms with Crippen molar-refractivity contribution in [2.24, 2.45) is 0 Å². The van der Waals surface area contributed by atoms with Crippen molar-refractivity contribution in [1.82, 2.24) is 20.2 Å². The molecule has 3 amide bonds. The number of aromatic nitrogens is 2. The standard InChI is InChI=1S/C21H24ClN5O3/c1-13(2)25-20(28)14-4-6-18-16(10-14)24-12-27(18)9-8-23-21(29)26-17-11-15(22)5-7-19(17)30-3/h4-7,10-13H,8-9H2,1-3H3,(H,25,28)(H2,23,26,29). The van der Waals surface area contributed by atoms with Gasteiger partial charge in [0.1, 0.15) is 5.75 Å². The zero-order valence-corrected chi connectivity index (χ0v) is 17.8. The van der Waals surface area contributed by atoms with Gasteiger partial charge in [-0.1, -0.05) is 11.6 Å². The third kappa shape index (κ3) is 5.21. The molecule has 2 aromatic carbocycles. The monoisotopic (exact) mass is 429 g/mol. The molecule has 0 unspecified atom stereocenters. The van der Waals surface area contributed by atoms with Gasteiger partial charge in [-0.15, -0.1) is 0 Å². The largest absolute Gasteiger partial charge is 0.495 e. The molecule has 0 fully saturated rings. The van der Waals surface area contributed by atoms with E-state index in [1.165, 1.54) is 7.11 Å². The van der Waals surface area contributed by atoms with Crippen molar-refractivity contribution in [2.45, 2.75) is 26.4 Å². The van der Waals surface area contributed by atoms with Crippen LogP contribution in [0, 0.1) is 0 Å². The number of rotatable bonds is 7. The van der Waals surface area contributed by atoms with Crippen molar-refractivity contribution in [3.05, 3.63) is 53.3 Å². The summed E-state index contributed by atoms with van der Waals surface area (Å²) >= 11 is 5.98. The number of anilines is 1. The summed E-state index contributed by atoms with van der Waals surface area (Å²) in [5.74, 6) is 0.392. The first-order chi connectivity index (χ1) is 14.4. The number of methoxy groups -OCH3 is 1. The van der Waals surface area contributed by atoms with Crippen LogP contribution in [0.25, 0.3) is 11.0 Å². The first-order valence-electron chi connectivity index (χ1n) is 9.51. The fraction of sp³-hybridized carbons (Fsp3) is 0.286. The van der Waals surface area contributed by atoms with Gasteiger partial charge in [-0.3, -0.25) is 4.79 Å². The number of nitrogens with one attached hydrogen (secondary N) is 3. The number of ether oxygens (including phenoxy) is 1. The van der Waals surface area contributed by atoms with Gasteiger partial charge in [0, 0.05) is 29.7 Å². The van der Waals surface area contributed by atoms with E-state index in [9.17, 15) is 9.59 Å². The van der Waals surface area contributed by atoms with Gasteiger partial charge >= 0.3 is 6.03 Å². The first kappa shape index (κ1) is 21.4. The molecule has 0 saturated heterocycles. The van der Waals surface area contributed by atoms with Crippen LogP contribution in [0.4, 0.5) is 10.5 Å². The fourth-order valence-corrected chi connectivity index (χ4v) is 3.14. The Hall–Kier alpha value is -3.26. The van der Waals surface area contributed by atoms with E-state index in [1.807, 2.05) is 24.5 Å². The molecule has 0 aliphatic carbocycles. The summed E-state index contributed by atoms with van der Waals surface area (Å²) in [5.41, 5.74) is 2.66. The predicted molar refractivity (Wildman–Crippen MR) is 117 cm³/mol. The average molecular weight is 430 g/mol. The molecule has 3 rings (SSSR count). The molecule has 0 radical (unpaired) electrons. The SMILES string of the molecule is COc1ccc(Cl)cc1NC(=O)NCCn1cnc2cc(C(=O)NC(C)C)ccc21. The lowest BCUT2D eigenvalue weighted by molar-refractivity contribution is 0.0943. The van der Waals surface area contributed by atoms with E-state index in [1.54, 1.807) is 36.7 Å². The molecule has 0 aliphatic heterocycles. The van der Waals surface area contributed by atoms with Gasteiger partial charge in [0.05, 0.1) is 30.2 Å². The molecule has 1 heterocycles. The zero-order chi connectivity index (χ0) is 21.7. The van der Waals surface area contributed by atoms with Crippen LogP contribution in [0.2, 0.25) is 5.02 Å². The topological polar surface area (TPSA) is 97.3 Å². The Balaban J connectivity index is 1.59. The second kappa shape index (κ2) is 9.49. The van der Waals surface area contributed by atoms with Crippen LogP contribution < -0.4 is 20.7 Å². The van der Waals surface area contributed by atoms with E-state index in [0.29, 0.717) is 35.1 Å². The van der Waals surface area contributed by atoms with E-state index >= 15 is 0 Å². The smallest absolute Gasteiger partial charge is 0.319 e. The normalized spacial score (nSPS) is 10.8. The highest BCUT2D eigenvalue weighted by Gasteiger charge is 2.11. The molecule has 0 spiro atoms. The number of halogens is 1. The maximum absolute atomic E-state index is 12.2.